The molecule has 8 heteroatoms. The predicted octanol–water partition coefficient (Wildman–Crippen LogP) is 2.75. The summed E-state index contributed by atoms with van der Waals surface area (Å²) in [7, 11) is 5.22. The molecule has 1 unspecified atom stereocenters. The van der Waals surface area contributed by atoms with Crippen LogP contribution < -0.4 is 20.1 Å². The van der Waals surface area contributed by atoms with Crippen LogP contribution in [0.4, 0.5) is 0 Å². The standard InChI is InChI=1S/C21H36N4O3.HI/c1-17(28-20-9-6-5-8-19(20)27-4)16-23-21(22-2)24-18-10-13-25(14-11-18)12-7-15-26-3;/h5-6,8-9,17-18H,7,10-16H2,1-4H3,(H2,22,23,24);1H. The Bertz CT molecular complexity index is 595. The smallest absolute Gasteiger partial charge is 0.191 e. The molecule has 7 nitrogen and oxygen atoms in total. The number of rotatable bonds is 10. The van der Waals surface area contributed by atoms with Crippen LogP contribution in [0.2, 0.25) is 0 Å². The summed E-state index contributed by atoms with van der Waals surface area (Å²) in [5.74, 6) is 2.32. The predicted molar refractivity (Wildman–Crippen MR) is 129 cm³/mol. The van der Waals surface area contributed by atoms with Crippen LogP contribution in [0.3, 0.4) is 0 Å². The van der Waals surface area contributed by atoms with Crippen LogP contribution in [-0.4, -0.2) is 77.1 Å². The van der Waals surface area contributed by atoms with Crippen molar-refractivity contribution in [3.63, 3.8) is 0 Å². The highest BCUT2D eigenvalue weighted by molar-refractivity contribution is 14.0. The van der Waals surface area contributed by atoms with Gasteiger partial charge in [-0.25, -0.2) is 0 Å². The maximum Gasteiger partial charge on any atom is 0.191 e. The molecule has 1 aliphatic heterocycles. The Labute approximate surface area is 192 Å². The molecule has 1 saturated heterocycles. The van der Waals surface area contributed by atoms with E-state index in [2.05, 4.69) is 20.5 Å². The van der Waals surface area contributed by atoms with Crippen LogP contribution in [0.1, 0.15) is 26.2 Å². The van der Waals surface area contributed by atoms with Crippen LogP contribution in [0.25, 0.3) is 0 Å². The quantitative estimate of drug-likeness (QED) is 0.214. The van der Waals surface area contributed by atoms with Gasteiger partial charge >= 0.3 is 0 Å². The van der Waals surface area contributed by atoms with Crippen LogP contribution in [-0.2, 0) is 4.74 Å². The van der Waals surface area contributed by atoms with E-state index in [9.17, 15) is 0 Å². The average Bonchev–Trinajstić information content (AvgIpc) is 2.72. The van der Waals surface area contributed by atoms with Crippen molar-refractivity contribution in [3.8, 4) is 11.5 Å². The number of para-hydroxylation sites is 2. The number of aliphatic imine (C=N–C) groups is 1. The van der Waals surface area contributed by atoms with Crippen LogP contribution >= 0.6 is 24.0 Å². The van der Waals surface area contributed by atoms with E-state index in [1.165, 1.54) is 0 Å². The van der Waals surface area contributed by atoms with Crippen LogP contribution in [0.5, 0.6) is 11.5 Å². The van der Waals surface area contributed by atoms with Crippen molar-refractivity contribution in [2.75, 3.05) is 54.1 Å². The lowest BCUT2D eigenvalue weighted by atomic mass is 10.1. The number of nitrogens with one attached hydrogen (secondary N) is 2. The molecule has 1 aromatic rings. The Kier molecular flexibility index (Phi) is 13.0. The van der Waals surface area contributed by atoms with Crippen LogP contribution in [0.15, 0.2) is 29.3 Å². The van der Waals surface area contributed by atoms with Crippen molar-refractivity contribution in [2.45, 2.75) is 38.3 Å². The lowest BCUT2D eigenvalue weighted by Gasteiger charge is -2.33. The first-order valence-corrected chi connectivity index (χ1v) is 10.1. The number of likely N-dealkylation sites (tertiary alicyclic amines) is 1. The fraction of sp³-hybridized carbons (Fsp3) is 0.667. The first-order valence-electron chi connectivity index (χ1n) is 10.1. The van der Waals surface area contributed by atoms with Gasteiger partial charge in [-0.2, -0.15) is 0 Å². The summed E-state index contributed by atoms with van der Waals surface area (Å²) in [6, 6.07) is 8.15. The number of methoxy groups -OCH3 is 2. The number of nitrogens with zero attached hydrogens (tertiary/aromatic N) is 2. The molecule has 2 N–H and O–H groups in total. The summed E-state index contributed by atoms with van der Waals surface area (Å²) in [5, 5.41) is 6.91. The minimum atomic E-state index is -0.0162. The Balaban J connectivity index is 0.00000420. The molecule has 2 rings (SSSR count). The zero-order valence-electron chi connectivity index (χ0n) is 18.1. The summed E-state index contributed by atoms with van der Waals surface area (Å²) in [5.41, 5.74) is 0. The first kappa shape index (κ1) is 25.8. The fourth-order valence-electron chi connectivity index (χ4n) is 3.34. The van der Waals surface area contributed by atoms with Gasteiger partial charge in [-0.05, 0) is 38.3 Å². The van der Waals surface area contributed by atoms with Gasteiger partial charge in [-0.3, -0.25) is 4.99 Å². The van der Waals surface area contributed by atoms with Gasteiger partial charge < -0.3 is 29.7 Å². The highest BCUT2D eigenvalue weighted by Crippen LogP contribution is 2.26. The molecule has 166 valence electrons. The maximum atomic E-state index is 5.99. The number of piperidine rings is 1. The van der Waals surface area contributed by atoms with Crippen LogP contribution in [0, 0.1) is 0 Å². The normalized spacial score (nSPS) is 16.6. The highest BCUT2D eigenvalue weighted by Gasteiger charge is 2.20. The van der Waals surface area contributed by atoms with E-state index < -0.39 is 0 Å². The number of hydrogen-bond donors (Lipinski definition) is 2. The van der Waals surface area contributed by atoms with Gasteiger partial charge in [0.2, 0.25) is 0 Å². The third-order valence-electron chi connectivity index (χ3n) is 4.93. The van der Waals surface area contributed by atoms with Crippen molar-refractivity contribution in [2.24, 2.45) is 4.99 Å². The minimum Gasteiger partial charge on any atom is -0.493 e. The Morgan fingerprint density at radius 1 is 1.21 bits per heavy atom. The molecule has 0 aromatic heterocycles. The third kappa shape index (κ3) is 9.39. The second-order valence-corrected chi connectivity index (χ2v) is 7.14. The minimum absolute atomic E-state index is 0. The van der Waals surface area contributed by atoms with Gasteiger partial charge in [0.1, 0.15) is 6.10 Å². The van der Waals surface area contributed by atoms with E-state index in [0.717, 1.165) is 63.0 Å². The molecule has 0 bridgehead atoms. The van der Waals surface area contributed by atoms with E-state index in [1.807, 2.05) is 31.2 Å². The molecule has 1 fully saturated rings. The lowest BCUT2D eigenvalue weighted by molar-refractivity contribution is 0.155. The van der Waals surface area contributed by atoms with E-state index in [-0.39, 0.29) is 30.1 Å². The van der Waals surface area contributed by atoms with Gasteiger partial charge in [0.05, 0.1) is 13.7 Å². The van der Waals surface area contributed by atoms with E-state index in [1.54, 1.807) is 21.3 Å². The second kappa shape index (κ2) is 14.7. The van der Waals surface area contributed by atoms with E-state index >= 15 is 0 Å². The summed E-state index contributed by atoms with van der Waals surface area (Å²) in [6.45, 7) is 6.88. The molecular weight excluding hydrogens is 483 g/mol. The van der Waals surface area contributed by atoms with Gasteiger partial charge in [-0.1, -0.05) is 12.1 Å². The zero-order valence-corrected chi connectivity index (χ0v) is 20.5. The maximum absolute atomic E-state index is 5.99. The molecule has 0 saturated carbocycles. The van der Waals surface area contributed by atoms with E-state index in [4.69, 9.17) is 14.2 Å². The molecule has 1 heterocycles. The molecule has 1 aromatic carbocycles. The largest absolute Gasteiger partial charge is 0.493 e. The van der Waals surface area contributed by atoms with Gasteiger partial charge in [-0.15, -0.1) is 24.0 Å². The van der Waals surface area contributed by atoms with Gasteiger partial charge in [0.25, 0.3) is 0 Å². The Hall–Kier alpha value is -1.26. The molecule has 1 aliphatic rings. The molecular formula is C21H37IN4O3. The topological polar surface area (TPSA) is 67.4 Å². The van der Waals surface area contributed by atoms with Crippen molar-refractivity contribution in [1.82, 2.24) is 15.5 Å². The summed E-state index contributed by atoms with van der Waals surface area (Å²) in [6.07, 6.45) is 3.33. The lowest BCUT2D eigenvalue weighted by Crippen LogP contribution is -2.50. The third-order valence-corrected chi connectivity index (χ3v) is 4.93. The van der Waals surface area contributed by atoms with E-state index in [0.29, 0.717) is 12.6 Å². The fourth-order valence-corrected chi connectivity index (χ4v) is 3.34. The molecule has 29 heavy (non-hydrogen) atoms. The number of benzene rings is 1. The Morgan fingerprint density at radius 3 is 2.52 bits per heavy atom. The SMILES string of the molecule is CN=C(NCC(C)Oc1ccccc1OC)NC1CCN(CCCOC)CC1.I. The van der Waals surface area contributed by atoms with Crippen molar-refractivity contribution < 1.29 is 14.2 Å². The van der Waals surface area contributed by atoms with Crippen molar-refractivity contribution in [1.29, 1.82) is 0 Å². The van der Waals surface area contributed by atoms with Crippen molar-refractivity contribution >= 4 is 29.9 Å². The van der Waals surface area contributed by atoms with Crippen molar-refractivity contribution in [3.05, 3.63) is 24.3 Å². The molecule has 0 amide bonds. The monoisotopic (exact) mass is 520 g/mol. The van der Waals surface area contributed by atoms with Gasteiger partial charge in [0, 0.05) is 46.4 Å². The summed E-state index contributed by atoms with van der Waals surface area (Å²) < 4.78 is 16.5. The summed E-state index contributed by atoms with van der Waals surface area (Å²) in [4.78, 5) is 6.87. The molecule has 1 atom stereocenters. The first-order chi connectivity index (χ1) is 13.7. The average molecular weight is 520 g/mol. The number of guanidine groups is 1. The molecule has 0 aliphatic carbocycles. The summed E-state index contributed by atoms with van der Waals surface area (Å²) >= 11 is 0. The second-order valence-electron chi connectivity index (χ2n) is 7.14. The Morgan fingerprint density at radius 2 is 1.90 bits per heavy atom. The number of ether oxygens (including phenoxy) is 3. The number of halogens is 1. The van der Waals surface area contributed by atoms with Gasteiger partial charge in [0.15, 0.2) is 17.5 Å². The number of hydrogen-bond acceptors (Lipinski definition) is 5. The molecule has 0 spiro atoms. The zero-order chi connectivity index (χ0) is 20.2. The highest BCUT2D eigenvalue weighted by atomic mass is 127. The molecule has 0 radical (unpaired) electrons.